The van der Waals surface area contributed by atoms with Gasteiger partial charge in [-0.25, -0.2) is 0 Å². The van der Waals surface area contributed by atoms with Gasteiger partial charge in [-0.1, -0.05) is 12.1 Å². The zero-order valence-corrected chi connectivity index (χ0v) is 10.0. The lowest BCUT2D eigenvalue weighted by atomic mass is 10.1. The summed E-state index contributed by atoms with van der Waals surface area (Å²) < 4.78 is 36.4. The zero-order valence-electron chi connectivity index (χ0n) is 10.0. The Morgan fingerprint density at radius 3 is 2.47 bits per heavy atom. The molecule has 0 aliphatic rings. The fourth-order valence-electron chi connectivity index (χ4n) is 1.62. The van der Waals surface area contributed by atoms with E-state index in [1.807, 2.05) is 25.1 Å². The van der Waals surface area contributed by atoms with E-state index in [-0.39, 0.29) is 6.54 Å². The highest BCUT2D eigenvalue weighted by atomic mass is 19.4. The molecular formula is C12H17F3N2. The summed E-state index contributed by atoms with van der Waals surface area (Å²) >= 11 is 0. The summed E-state index contributed by atoms with van der Waals surface area (Å²) in [7, 11) is 1.65. The van der Waals surface area contributed by atoms with Gasteiger partial charge in [0.25, 0.3) is 0 Å². The molecule has 0 heterocycles. The Bertz CT molecular complexity index is 375. The molecular weight excluding hydrogens is 229 g/mol. The lowest BCUT2D eigenvalue weighted by Gasteiger charge is -2.23. The van der Waals surface area contributed by atoms with E-state index >= 15 is 0 Å². The number of nitrogens with two attached hydrogens (primary N) is 1. The first-order valence-corrected chi connectivity index (χ1v) is 5.41. The Hall–Kier alpha value is -1.23. The summed E-state index contributed by atoms with van der Waals surface area (Å²) in [6.07, 6.45) is -4.94. The highest BCUT2D eigenvalue weighted by molar-refractivity contribution is 5.54. The molecule has 0 aliphatic heterocycles. The van der Waals surface area contributed by atoms with Crippen molar-refractivity contribution in [3.8, 4) is 0 Å². The maximum absolute atomic E-state index is 12.1. The third-order valence-electron chi connectivity index (χ3n) is 2.60. The van der Waals surface area contributed by atoms with Crippen molar-refractivity contribution in [1.82, 2.24) is 0 Å². The molecule has 1 aromatic rings. The van der Waals surface area contributed by atoms with E-state index < -0.39 is 12.6 Å². The van der Waals surface area contributed by atoms with Crippen LogP contribution in [0.2, 0.25) is 0 Å². The van der Waals surface area contributed by atoms with Crippen LogP contribution >= 0.6 is 0 Å². The summed E-state index contributed by atoms with van der Waals surface area (Å²) in [6.45, 7) is 2.17. The normalized spacial score (nSPS) is 11.6. The van der Waals surface area contributed by atoms with Gasteiger partial charge < -0.3 is 10.6 Å². The summed E-state index contributed by atoms with van der Waals surface area (Å²) in [4.78, 5) is 1.60. The second-order valence-electron chi connectivity index (χ2n) is 4.12. The Morgan fingerprint density at radius 1 is 1.29 bits per heavy atom. The molecule has 96 valence electrons. The SMILES string of the molecule is Cc1ccc(CN)c(N(C)CCC(F)(F)F)c1. The molecule has 1 rings (SSSR count). The van der Waals surface area contributed by atoms with Crippen molar-refractivity contribution in [2.24, 2.45) is 5.73 Å². The topological polar surface area (TPSA) is 29.3 Å². The number of alkyl halides is 3. The number of hydrogen-bond acceptors (Lipinski definition) is 2. The van der Waals surface area contributed by atoms with E-state index in [0.29, 0.717) is 6.54 Å². The maximum Gasteiger partial charge on any atom is 0.390 e. The predicted octanol–water partition coefficient (Wildman–Crippen LogP) is 2.84. The molecule has 0 bridgehead atoms. The molecule has 0 atom stereocenters. The fourth-order valence-corrected chi connectivity index (χ4v) is 1.62. The molecule has 0 aliphatic carbocycles. The van der Waals surface area contributed by atoms with Crippen molar-refractivity contribution in [1.29, 1.82) is 0 Å². The van der Waals surface area contributed by atoms with Gasteiger partial charge in [-0.3, -0.25) is 0 Å². The van der Waals surface area contributed by atoms with Crippen molar-refractivity contribution in [3.05, 3.63) is 29.3 Å². The van der Waals surface area contributed by atoms with Crippen LogP contribution in [0.5, 0.6) is 0 Å². The van der Waals surface area contributed by atoms with Gasteiger partial charge in [0, 0.05) is 25.8 Å². The van der Waals surface area contributed by atoms with E-state index in [1.54, 1.807) is 11.9 Å². The van der Waals surface area contributed by atoms with Crippen LogP contribution in [0.15, 0.2) is 18.2 Å². The van der Waals surface area contributed by atoms with Crippen LogP contribution < -0.4 is 10.6 Å². The summed E-state index contributed by atoms with van der Waals surface area (Å²) in [5, 5.41) is 0. The van der Waals surface area contributed by atoms with Gasteiger partial charge in [0.15, 0.2) is 0 Å². The fraction of sp³-hybridized carbons (Fsp3) is 0.500. The molecule has 17 heavy (non-hydrogen) atoms. The first-order chi connectivity index (χ1) is 7.83. The largest absolute Gasteiger partial charge is 0.390 e. The van der Waals surface area contributed by atoms with Crippen LogP contribution in [-0.2, 0) is 6.54 Å². The minimum absolute atomic E-state index is 0.0556. The first kappa shape index (κ1) is 13.8. The van der Waals surface area contributed by atoms with Crippen LogP contribution in [0, 0.1) is 6.92 Å². The molecule has 2 N–H and O–H groups in total. The van der Waals surface area contributed by atoms with Crippen LogP contribution in [-0.4, -0.2) is 19.8 Å². The summed E-state index contributed by atoms with van der Waals surface area (Å²) in [5.74, 6) is 0. The number of aryl methyl sites for hydroxylation is 1. The standard InChI is InChI=1S/C12H17F3N2/c1-9-3-4-10(8-16)11(7-9)17(2)6-5-12(13,14)15/h3-4,7H,5-6,8,16H2,1-2H3. The molecule has 0 spiro atoms. The second-order valence-corrected chi connectivity index (χ2v) is 4.12. The smallest absolute Gasteiger partial charge is 0.374 e. The number of benzene rings is 1. The molecule has 0 saturated heterocycles. The van der Waals surface area contributed by atoms with Crippen molar-refractivity contribution in [3.63, 3.8) is 0 Å². The molecule has 0 amide bonds. The minimum atomic E-state index is -4.12. The van der Waals surface area contributed by atoms with Gasteiger partial charge in [-0.15, -0.1) is 0 Å². The minimum Gasteiger partial charge on any atom is -0.374 e. The molecule has 1 aromatic carbocycles. The van der Waals surface area contributed by atoms with Gasteiger partial charge >= 0.3 is 6.18 Å². The van der Waals surface area contributed by atoms with E-state index in [1.165, 1.54) is 0 Å². The maximum atomic E-state index is 12.1. The third-order valence-corrected chi connectivity index (χ3v) is 2.60. The molecule has 0 aromatic heterocycles. The van der Waals surface area contributed by atoms with Crippen LogP contribution in [0.4, 0.5) is 18.9 Å². The van der Waals surface area contributed by atoms with Crippen molar-refractivity contribution < 1.29 is 13.2 Å². The predicted molar refractivity (Wildman–Crippen MR) is 63.0 cm³/mol. The highest BCUT2D eigenvalue weighted by Crippen LogP contribution is 2.24. The lowest BCUT2D eigenvalue weighted by Crippen LogP contribution is -2.25. The summed E-state index contributed by atoms with van der Waals surface area (Å²) in [5.41, 5.74) is 8.22. The van der Waals surface area contributed by atoms with Gasteiger partial charge in [0.2, 0.25) is 0 Å². The van der Waals surface area contributed by atoms with Crippen LogP contribution in [0.3, 0.4) is 0 Å². The van der Waals surface area contributed by atoms with Gasteiger partial charge in [-0.05, 0) is 24.1 Å². The molecule has 0 radical (unpaired) electrons. The van der Waals surface area contributed by atoms with E-state index in [9.17, 15) is 13.2 Å². The Labute approximate surface area is 99.2 Å². The number of nitrogens with zero attached hydrogens (tertiary/aromatic N) is 1. The first-order valence-electron chi connectivity index (χ1n) is 5.41. The Balaban J connectivity index is 2.80. The number of anilines is 1. The summed E-state index contributed by atoms with van der Waals surface area (Å²) in [6, 6.07) is 5.62. The monoisotopic (exact) mass is 246 g/mol. The number of hydrogen-bond donors (Lipinski definition) is 1. The van der Waals surface area contributed by atoms with Crippen LogP contribution in [0.1, 0.15) is 17.5 Å². The quantitative estimate of drug-likeness (QED) is 0.885. The van der Waals surface area contributed by atoms with E-state index in [2.05, 4.69) is 0 Å². The average molecular weight is 246 g/mol. The van der Waals surface area contributed by atoms with Crippen LogP contribution in [0.25, 0.3) is 0 Å². The van der Waals surface area contributed by atoms with Crippen molar-refractivity contribution in [2.45, 2.75) is 26.1 Å². The van der Waals surface area contributed by atoms with E-state index in [4.69, 9.17) is 5.73 Å². The second kappa shape index (κ2) is 5.40. The molecule has 2 nitrogen and oxygen atoms in total. The lowest BCUT2D eigenvalue weighted by molar-refractivity contribution is -0.132. The van der Waals surface area contributed by atoms with Gasteiger partial charge in [-0.2, -0.15) is 13.2 Å². The zero-order chi connectivity index (χ0) is 13.1. The third kappa shape index (κ3) is 4.26. The number of halogens is 3. The Morgan fingerprint density at radius 2 is 1.94 bits per heavy atom. The van der Waals surface area contributed by atoms with Crippen molar-refractivity contribution in [2.75, 3.05) is 18.5 Å². The Kier molecular flexibility index (Phi) is 4.40. The van der Waals surface area contributed by atoms with Crippen molar-refractivity contribution >= 4 is 5.69 Å². The molecule has 5 heteroatoms. The number of rotatable bonds is 4. The van der Waals surface area contributed by atoms with E-state index in [0.717, 1.165) is 16.8 Å². The molecule has 0 fully saturated rings. The average Bonchev–Trinajstić information content (AvgIpc) is 2.25. The molecule has 0 unspecified atom stereocenters. The molecule has 0 saturated carbocycles. The highest BCUT2D eigenvalue weighted by Gasteiger charge is 2.27. The van der Waals surface area contributed by atoms with Gasteiger partial charge in [0.1, 0.15) is 0 Å². The van der Waals surface area contributed by atoms with Gasteiger partial charge in [0.05, 0.1) is 6.42 Å².